The van der Waals surface area contributed by atoms with Gasteiger partial charge >= 0.3 is 0 Å². The Kier molecular flexibility index (Phi) is 8.61. The number of ether oxygens (including phenoxy) is 2. The number of carbonyl (C=O) groups is 1. The lowest BCUT2D eigenvalue weighted by Gasteiger charge is -2.34. The van der Waals surface area contributed by atoms with E-state index in [9.17, 15) is 4.79 Å². The third kappa shape index (κ3) is 5.48. The number of amides is 1. The summed E-state index contributed by atoms with van der Waals surface area (Å²) in [7, 11) is 1.56. The van der Waals surface area contributed by atoms with Gasteiger partial charge in [-0.1, -0.05) is 29.3 Å². The van der Waals surface area contributed by atoms with Crippen LogP contribution >= 0.6 is 35.6 Å². The van der Waals surface area contributed by atoms with Crippen LogP contribution in [0.5, 0.6) is 0 Å². The van der Waals surface area contributed by atoms with Crippen molar-refractivity contribution < 1.29 is 14.3 Å². The van der Waals surface area contributed by atoms with Crippen molar-refractivity contribution in [2.75, 3.05) is 33.4 Å². The van der Waals surface area contributed by atoms with Gasteiger partial charge in [0.2, 0.25) is 5.91 Å². The molecule has 1 aromatic carbocycles. The van der Waals surface area contributed by atoms with Gasteiger partial charge in [-0.15, -0.1) is 12.4 Å². The van der Waals surface area contributed by atoms with E-state index in [0.29, 0.717) is 36.3 Å². The molecule has 0 saturated carbocycles. The molecule has 1 aromatic rings. The molecule has 1 saturated heterocycles. The molecule has 1 heterocycles. The van der Waals surface area contributed by atoms with Crippen LogP contribution in [0.25, 0.3) is 0 Å². The van der Waals surface area contributed by atoms with Gasteiger partial charge in [-0.05, 0) is 17.7 Å². The molecule has 0 bridgehead atoms. The van der Waals surface area contributed by atoms with Gasteiger partial charge in [0.15, 0.2) is 0 Å². The van der Waals surface area contributed by atoms with Crippen molar-refractivity contribution in [3.8, 4) is 0 Å². The molecule has 1 aliphatic rings. The molecule has 2 N–H and O–H groups in total. The summed E-state index contributed by atoms with van der Waals surface area (Å²) < 4.78 is 10.9. The Bertz CT molecular complexity index is 527. The molecule has 1 aliphatic heterocycles. The molecule has 1 amide bonds. The SMILES string of the molecule is COC(CN)CC(=O)N1CCOC(c2ccc(Cl)c(Cl)c2)C1.Cl. The zero-order valence-electron chi connectivity index (χ0n) is 12.8. The topological polar surface area (TPSA) is 64.8 Å². The van der Waals surface area contributed by atoms with E-state index in [-0.39, 0.29) is 36.9 Å². The quantitative estimate of drug-likeness (QED) is 0.849. The van der Waals surface area contributed by atoms with Gasteiger partial charge in [0.05, 0.1) is 35.7 Å². The minimum Gasteiger partial charge on any atom is -0.380 e. The Balaban J connectivity index is 0.00000264. The lowest BCUT2D eigenvalue weighted by molar-refractivity contribution is -0.141. The molecule has 0 spiro atoms. The predicted octanol–water partition coefficient (Wildman–Crippen LogP) is 2.68. The molecule has 1 fully saturated rings. The summed E-state index contributed by atoms with van der Waals surface area (Å²) in [6.07, 6.45) is -0.175. The first-order chi connectivity index (χ1) is 10.5. The van der Waals surface area contributed by atoms with Gasteiger partial charge in [0.25, 0.3) is 0 Å². The lowest BCUT2D eigenvalue weighted by Crippen LogP contribution is -2.44. The molecule has 2 atom stereocenters. The van der Waals surface area contributed by atoms with Crippen LogP contribution in [-0.2, 0) is 14.3 Å². The Hall–Kier alpha value is -0.560. The average Bonchev–Trinajstić information content (AvgIpc) is 2.55. The van der Waals surface area contributed by atoms with Crippen LogP contribution in [0.2, 0.25) is 10.0 Å². The summed E-state index contributed by atoms with van der Waals surface area (Å²) in [5.74, 6) is 0.0191. The van der Waals surface area contributed by atoms with Gasteiger partial charge < -0.3 is 20.1 Å². The first kappa shape index (κ1) is 20.5. The molecule has 8 heteroatoms. The van der Waals surface area contributed by atoms with E-state index in [4.69, 9.17) is 38.4 Å². The smallest absolute Gasteiger partial charge is 0.225 e. The number of rotatable bonds is 5. The van der Waals surface area contributed by atoms with Crippen LogP contribution < -0.4 is 5.73 Å². The van der Waals surface area contributed by atoms with E-state index in [1.165, 1.54) is 0 Å². The third-order valence-corrected chi connectivity index (χ3v) is 4.47. The number of hydrogen-bond donors (Lipinski definition) is 1. The van der Waals surface area contributed by atoms with Crippen molar-refractivity contribution >= 4 is 41.5 Å². The number of halogens is 3. The number of hydrogen-bond acceptors (Lipinski definition) is 4. The largest absolute Gasteiger partial charge is 0.380 e. The first-order valence-electron chi connectivity index (χ1n) is 7.12. The van der Waals surface area contributed by atoms with Crippen LogP contribution in [0.3, 0.4) is 0 Å². The number of benzene rings is 1. The number of carbonyl (C=O) groups excluding carboxylic acids is 1. The zero-order valence-corrected chi connectivity index (χ0v) is 15.2. The summed E-state index contributed by atoms with van der Waals surface area (Å²) in [5.41, 5.74) is 6.47. The van der Waals surface area contributed by atoms with E-state index >= 15 is 0 Å². The fraction of sp³-hybridized carbons (Fsp3) is 0.533. The highest BCUT2D eigenvalue weighted by Gasteiger charge is 2.27. The maximum absolute atomic E-state index is 12.3. The van der Waals surface area contributed by atoms with E-state index in [0.717, 1.165) is 5.56 Å². The normalized spacial score (nSPS) is 19.1. The first-order valence-corrected chi connectivity index (χ1v) is 7.88. The van der Waals surface area contributed by atoms with Gasteiger partial charge in [-0.3, -0.25) is 4.79 Å². The molecule has 2 unspecified atom stereocenters. The minimum absolute atomic E-state index is 0. The van der Waals surface area contributed by atoms with E-state index in [1.807, 2.05) is 6.07 Å². The molecule has 0 aromatic heterocycles. The molecule has 23 heavy (non-hydrogen) atoms. The summed E-state index contributed by atoms with van der Waals surface area (Å²) in [5, 5.41) is 0.980. The molecular formula is C15H21Cl3N2O3. The zero-order chi connectivity index (χ0) is 16.1. The maximum Gasteiger partial charge on any atom is 0.225 e. The molecular weight excluding hydrogens is 363 g/mol. The second-order valence-electron chi connectivity index (χ2n) is 5.17. The van der Waals surface area contributed by atoms with E-state index in [1.54, 1.807) is 24.1 Å². The summed E-state index contributed by atoms with van der Waals surface area (Å²) in [6, 6.07) is 5.38. The predicted molar refractivity (Wildman–Crippen MR) is 93.5 cm³/mol. The Morgan fingerprint density at radius 3 is 2.83 bits per heavy atom. The average molecular weight is 384 g/mol. The molecule has 0 radical (unpaired) electrons. The molecule has 5 nitrogen and oxygen atoms in total. The fourth-order valence-corrected chi connectivity index (χ4v) is 2.68. The van der Waals surface area contributed by atoms with Crippen molar-refractivity contribution in [2.24, 2.45) is 5.73 Å². The molecule has 0 aliphatic carbocycles. The van der Waals surface area contributed by atoms with Gasteiger partial charge in [0.1, 0.15) is 6.10 Å². The Labute approximate surface area is 152 Å². The van der Waals surface area contributed by atoms with Gasteiger partial charge in [0, 0.05) is 20.2 Å². The number of nitrogens with two attached hydrogens (primary N) is 1. The highest BCUT2D eigenvalue weighted by Crippen LogP contribution is 2.29. The number of methoxy groups -OCH3 is 1. The highest BCUT2D eigenvalue weighted by molar-refractivity contribution is 6.42. The lowest BCUT2D eigenvalue weighted by atomic mass is 10.1. The van der Waals surface area contributed by atoms with Crippen molar-refractivity contribution in [3.05, 3.63) is 33.8 Å². The second kappa shape index (κ2) is 9.67. The van der Waals surface area contributed by atoms with Crippen molar-refractivity contribution in [3.63, 3.8) is 0 Å². The number of morpholine rings is 1. The monoisotopic (exact) mass is 382 g/mol. The van der Waals surface area contributed by atoms with Crippen LogP contribution in [-0.4, -0.2) is 50.3 Å². The molecule has 2 rings (SSSR count). The Morgan fingerprint density at radius 2 is 2.22 bits per heavy atom. The van der Waals surface area contributed by atoms with Gasteiger partial charge in [-0.2, -0.15) is 0 Å². The van der Waals surface area contributed by atoms with Crippen LogP contribution in [0, 0.1) is 0 Å². The van der Waals surface area contributed by atoms with Crippen molar-refractivity contribution in [1.29, 1.82) is 0 Å². The second-order valence-corrected chi connectivity index (χ2v) is 5.98. The summed E-state index contributed by atoms with van der Waals surface area (Å²) >= 11 is 12.0. The van der Waals surface area contributed by atoms with Crippen molar-refractivity contribution in [1.82, 2.24) is 4.90 Å². The minimum atomic E-state index is -0.251. The standard InChI is InChI=1S/C15H20Cl2N2O3.ClH/c1-21-11(8-18)7-15(20)19-4-5-22-14(9-19)10-2-3-12(16)13(17)6-10;/h2-3,6,11,14H,4-5,7-9,18H2,1H3;1H. The van der Waals surface area contributed by atoms with Gasteiger partial charge in [-0.25, -0.2) is 0 Å². The fourth-order valence-electron chi connectivity index (χ4n) is 2.38. The molecule has 130 valence electrons. The van der Waals surface area contributed by atoms with Crippen molar-refractivity contribution in [2.45, 2.75) is 18.6 Å². The third-order valence-electron chi connectivity index (χ3n) is 3.73. The maximum atomic E-state index is 12.3. The van der Waals surface area contributed by atoms with Crippen LogP contribution in [0.4, 0.5) is 0 Å². The highest BCUT2D eigenvalue weighted by atomic mass is 35.5. The summed E-state index contributed by atoms with van der Waals surface area (Å²) in [4.78, 5) is 14.1. The Morgan fingerprint density at radius 1 is 1.48 bits per heavy atom. The van der Waals surface area contributed by atoms with E-state index in [2.05, 4.69) is 0 Å². The summed E-state index contributed by atoms with van der Waals surface area (Å²) in [6.45, 7) is 1.86. The van der Waals surface area contributed by atoms with E-state index < -0.39 is 0 Å². The number of nitrogens with zero attached hydrogens (tertiary/aromatic N) is 1. The van der Waals surface area contributed by atoms with Crippen LogP contribution in [0.15, 0.2) is 18.2 Å². The van der Waals surface area contributed by atoms with Crippen LogP contribution in [0.1, 0.15) is 18.1 Å².